The first-order chi connectivity index (χ1) is 14.8. The van der Waals surface area contributed by atoms with Gasteiger partial charge in [0.25, 0.3) is 5.91 Å². The Morgan fingerprint density at radius 2 is 1.74 bits per heavy atom. The molecule has 0 aromatic heterocycles. The van der Waals surface area contributed by atoms with E-state index in [1.165, 1.54) is 0 Å². The molecule has 0 bridgehead atoms. The van der Waals surface area contributed by atoms with Crippen molar-refractivity contribution < 1.29 is 27.5 Å². The summed E-state index contributed by atoms with van der Waals surface area (Å²) < 4.78 is 35.3. The molecule has 0 saturated carbocycles. The summed E-state index contributed by atoms with van der Waals surface area (Å²) in [4.78, 5) is 27.1. The standard InChI is InChI=1S/C21H31N3O6S/c1-3-29-18-8-7-15(11-19(18)30-4-2)21(26)22-12-20(25)23-16-13-31(27,28)14-17(16)24-9-5-6-10-24/h7-8,11,16-17H,3-6,9-10,12-14H2,1-2H3,(H,22,26)(H,23,25). The molecule has 0 aliphatic carbocycles. The Morgan fingerprint density at radius 3 is 2.42 bits per heavy atom. The minimum Gasteiger partial charge on any atom is -0.490 e. The SMILES string of the molecule is CCOc1ccc(C(=O)NCC(=O)NC2CS(=O)(=O)CC2N2CCCC2)cc1OCC. The third-order valence-corrected chi connectivity index (χ3v) is 7.21. The lowest BCUT2D eigenvalue weighted by atomic mass is 10.1. The van der Waals surface area contributed by atoms with Crippen LogP contribution in [0.2, 0.25) is 0 Å². The molecule has 2 unspecified atom stereocenters. The zero-order chi connectivity index (χ0) is 22.4. The van der Waals surface area contributed by atoms with Crippen LogP contribution in [0, 0.1) is 0 Å². The highest BCUT2D eigenvalue weighted by atomic mass is 32.2. The summed E-state index contributed by atoms with van der Waals surface area (Å²) in [5.41, 5.74) is 0.345. The van der Waals surface area contributed by atoms with Crippen molar-refractivity contribution in [2.75, 3.05) is 44.4 Å². The van der Waals surface area contributed by atoms with Crippen LogP contribution in [0.25, 0.3) is 0 Å². The Kier molecular flexibility index (Phi) is 7.77. The number of rotatable bonds is 9. The summed E-state index contributed by atoms with van der Waals surface area (Å²) in [5.74, 6) is 0.186. The van der Waals surface area contributed by atoms with Gasteiger partial charge in [0, 0.05) is 11.6 Å². The first-order valence-corrected chi connectivity index (χ1v) is 12.6. The number of carbonyl (C=O) groups is 2. The van der Waals surface area contributed by atoms with Crippen LogP contribution >= 0.6 is 0 Å². The second-order valence-corrected chi connectivity index (χ2v) is 9.93. The average molecular weight is 454 g/mol. The highest BCUT2D eigenvalue weighted by molar-refractivity contribution is 7.91. The lowest BCUT2D eigenvalue weighted by Crippen LogP contribution is -2.52. The minimum absolute atomic E-state index is 0.0650. The second-order valence-electron chi connectivity index (χ2n) is 7.77. The van der Waals surface area contributed by atoms with Gasteiger partial charge >= 0.3 is 0 Å². The van der Waals surface area contributed by atoms with E-state index in [4.69, 9.17) is 9.47 Å². The molecule has 2 atom stereocenters. The van der Waals surface area contributed by atoms with E-state index in [0.29, 0.717) is 30.3 Å². The minimum atomic E-state index is -3.19. The lowest BCUT2D eigenvalue weighted by Gasteiger charge is -2.28. The zero-order valence-corrected chi connectivity index (χ0v) is 18.9. The lowest BCUT2D eigenvalue weighted by molar-refractivity contribution is -0.121. The van der Waals surface area contributed by atoms with Gasteiger partial charge in [0.15, 0.2) is 21.3 Å². The number of benzene rings is 1. The molecule has 172 valence electrons. The van der Waals surface area contributed by atoms with E-state index >= 15 is 0 Å². The number of carbonyl (C=O) groups excluding carboxylic acids is 2. The Labute approximate surface area is 183 Å². The molecule has 0 radical (unpaired) electrons. The van der Waals surface area contributed by atoms with Crippen LogP contribution in [0.3, 0.4) is 0 Å². The number of hydrogen-bond donors (Lipinski definition) is 2. The summed E-state index contributed by atoms with van der Waals surface area (Å²) in [6, 6.07) is 4.19. The molecule has 2 N–H and O–H groups in total. The van der Waals surface area contributed by atoms with E-state index in [-0.39, 0.29) is 24.1 Å². The Hall–Kier alpha value is -2.33. The molecule has 2 saturated heterocycles. The third-order valence-electron chi connectivity index (χ3n) is 5.49. The van der Waals surface area contributed by atoms with Gasteiger partial charge < -0.3 is 20.1 Å². The van der Waals surface area contributed by atoms with Crippen molar-refractivity contribution in [2.45, 2.75) is 38.8 Å². The molecule has 1 aromatic carbocycles. The monoisotopic (exact) mass is 453 g/mol. The number of nitrogens with zero attached hydrogens (tertiary/aromatic N) is 1. The van der Waals surface area contributed by atoms with Gasteiger partial charge in [-0.25, -0.2) is 8.42 Å². The van der Waals surface area contributed by atoms with E-state index in [1.54, 1.807) is 18.2 Å². The van der Waals surface area contributed by atoms with E-state index in [9.17, 15) is 18.0 Å². The summed E-state index contributed by atoms with van der Waals surface area (Å²) in [6.45, 7) is 6.06. The van der Waals surface area contributed by atoms with Crippen LogP contribution in [-0.2, 0) is 14.6 Å². The molecule has 9 nitrogen and oxygen atoms in total. The third kappa shape index (κ3) is 6.10. The predicted octanol–water partition coefficient (Wildman–Crippen LogP) is 0.591. The number of amides is 2. The molecule has 2 fully saturated rings. The van der Waals surface area contributed by atoms with Crippen LogP contribution in [0.1, 0.15) is 37.0 Å². The van der Waals surface area contributed by atoms with Crippen molar-refractivity contribution in [1.82, 2.24) is 15.5 Å². The molecule has 2 aliphatic rings. The molecule has 31 heavy (non-hydrogen) atoms. The van der Waals surface area contributed by atoms with Crippen LogP contribution < -0.4 is 20.1 Å². The topological polar surface area (TPSA) is 114 Å². The van der Waals surface area contributed by atoms with Gasteiger partial charge in [-0.3, -0.25) is 14.5 Å². The number of hydrogen-bond acceptors (Lipinski definition) is 7. The smallest absolute Gasteiger partial charge is 0.251 e. The van der Waals surface area contributed by atoms with Gasteiger partial charge in [-0.1, -0.05) is 0 Å². The van der Waals surface area contributed by atoms with Crippen molar-refractivity contribution in [3.63, 3.8) is 0 Å². The molecule has 2 aliphatic heterocycles. The van der Waals surface area contributed by atoms with Gasteiger partial charge in [-0.05, 0) is 58.0 Å². The van der Waals surface area contributed by atoms with Crippen LogP contribution in [-0.4, -0.2) is 81.6 Å². The van der Waals surface area contributed by atoms with Crippen LogP contribution in [0.4, 0.5) is 0 Å². The average Bonchev–Trinajstić information content (AvgIpc) is 3.35. The fourth-order valence-electron chi connectivity index (χ4n) is 4.11. The summed E-state index contributed by atoms with van der Waals surface area (Å²) in [7, 11) is -3.19. The Balaban J connectivity index is 1.57. The van der Waals surface area contributed by atoms with Crippen molar-refractivity contribution in [3.8, 4) is 11.5 Å². The molecular weight excluding hydrogens is 422 g/mol. The Morgan fingerprint density at radius 1 is 1.06 bits per heavy atom. The first kappa shape index (κ1) is 23.3. The Bertz CT molecular complexity index is 898. The van der Waals surface area contributed by atoms with Crippen LogP contribution in [0.5, 0.6) is 11.5 Å². The van der Waals surface area contributed by atoms with Gasteiger partial charge in [0.2, 0.25) is 5.91 Å². The zero-order valence-electron chi connectivity index (χ0n) is 18.1. The molecule has 10 heteroatoms. The summed E-state index contributed by atoms with van der Waals surface area (Å²) in [6.07, 6.45) is 2.08. The number of nitrogens with one attached hydrogen (secondary N) is 2. The maximum Gasteiger partial charge on any atom is 0.251 e. The van der Waals surface area contributed by atoms with Crippen molar-refractivity contribution in [3.05, 3.63) is 23.8 Å². The van der Waals surface area contributed by atoms with E-state index < -0.39 is 27.7 Å². The quantitative estimate of drug-likeness (QED) is 0.563. The van der Waals surface area contributed by atoms with Gasteiger partial charge in [0.05, 0.1) is 37.3 Å². The molecule has 2 amide bonds. The van der Waals surface area contributed by atoms with Crippen molar-refractivity contribution in [2.24, 2.45) is 0 Å². The van der Waals surface area contributed by atoms with E-state index in [2.05, 4.69) is 15.5 Å². The summed E-state index contributed by atoms with van der Waals surface area (Å²) >= 11 is 0. The molecule has 0 spiro atoms. The number of ether oxygens (including phenoxy) is 2. The fourth-order valence-corrected chi connectivity index (χ4v) is 6.06. The number of likely N-dealkylation sites (tertiary alicyclic amines) is 1. The molecule has 1 aromatic rings. The van der Waals surface area contributed by atoms with Crippen molar-refractivity contribution in [1.29, 1.82) is 0 Å². The highest BCUT2D eigenvalue weighted by Gasteiger charge is 2.42. The highest BCUT2D eigenvalue weighted by Crippen LogP contribution is 2.28. The fraction of sp³-hybridized carbons (Fsp3) is 0.619. The van der Waals surface area contributed by atoms with E-state index in [1.807, 2.05) is 13.8 Å². The molecule has 2 heterocycles. The maximum atomic E-state index is 12.5. The van der Waals surface area contributed by atoms with E-state index in [0.717, 1.165) is 25.9 Å². The maximum absolute atomic E-state index is 12.5. The first-order valence-electron chi connectivity index (χ1n) is 10.7. The summed E-state index contributed by atoms with van der Waals surface area (Å²) in [5, 5.41) is 5.39. The van der Waals surface area contributed by atoms with Gasteiger partial charge in [-0.2, -0.15) is 0 Å². The molecule has 3 rings (SSSR count). The van der Waals surface area contributed by atoms with Gasteiger partial charge in [-0.15, -0.1) is 0 Å². The predicted molar refractivity (Wildman–Crippen MR) is 116 cm³/mol. The normalized spacial score (nSPS) is 22.8. The molecular formula is C21H31N3O6S. The van der Waals surface area contributed by atoms with Gasteiger partial charge in [0.1, 0.15) is 0 Å². The van der Waals surface area contributed by atoms with Crippen LogP contribution in [0.15, 0.2) is 18.2 Å². The second kappa shape index (κ2) is 10.3. The largest absolute Gasteiger partial charge is 0.490 e. The number of sulfone groups is 1. The van der Waals surface area contributed by atoms with Crippen molar-refractivity contribution >= 4 is 21.7 Å².